The van der Waals surface area contributed by atoms with E-state index in [9.17, 15) is 4.39 Å². The first-order valence-electron chi connectivity index (χ1n) is 7.29. The highest BCUT2D eigenvalue weighted by molar-refractivity contribution is 5.49. The summed E-state index contributed by atoms with van der Waals surface area (Å²) in [6.07, 6.45) is 0.500. The minimum absolute atomic E-state index is 0.0683. The Balaban J connectivity index is 1.90. The van der Waals surface area contributed by atoms with Gasteiger partial charge in [-0.25, -0.2) is 0 Å². The minimum atomic E-state index is -0.320. The lowest BCUT2D eigenvalue weighted by atomic mass is 9.99. The Labute approximate surface area is 118 Å². The number of fused-ring (bicyclic) bond motifs is 1. The number of para-hydroxylation sites is 1. The van der Waals surface area contributed by atoms with Gasteiger partial charge in [-0.3, -0.25) is 9.29 Å². The lowest BCUT2D eigenvalue weighted by Gasteiger charge is -2.36. The molecule has 2 aliphatic rings. The van der Waals surface area contributed by atoms with Crippen LogP contribution in [0.2, 0.25) is 0 Å². The molecule has 1 aromatic rings. The van der Waals surface area contributed by atoms with E-state index < -0.39 is 0 Å². The second kappa shape index (κ2) is 6.41. The number of benzene rings is 1. The van der Waals surface area contributed by atoms with Crippen LogP contribution in [-0.4, -0.2) is 51.0 Å². The minimum Gasteiger partial charge on any atom is -0.486 e. The maximum atomic E-state index is 13.0. The fourth-order valence-corrected chi connectivity index (χ4v) is 2.99. The summed E-state index contributed by atoms with van der Waals surface area (Å²) in [4.78, 5) is 2.34. The van der Waals surface area contributed by atoms with Crippen molar-refractivity contribution < 1.29 is 13.9 Å². The van der Waals surface area contributed by atoms with E-state index >= 15 is 0 Å². The Morgan fingerprint density at radius 2 is 2.00 bits per heavy atom. The summed E-state index contributed by atoms with van der Waals surface area (Å²) in [6, 6.07) is 5.99. The molecule has 0 radical (unpaired) electrons. The Kier molecular flexibility index (Phi) is 4.38. The Hall–Kier alpha value is -1.33. The molecule has 1 saturated heterocycles. The molecule has 0 unspecified atom stereocenters. The van der Waals surface area contributed by atoms with E-state index in [1.165, 1.54) is 0 Å². The molecule has 1 atom stereocenters. The average Bonchev–Trinajstić information content (AvgIpc) is 2.53. The molecular weight excluding hydrogens is 259 g/mol. The summed E-state index contributed by atoms with van der Waals surface area (Å²) in [7, 11) is 0. The highest BCUT2D eigenvalue weighted by Gasteiger charge is 2.27. The smallest absolute Gasteiger partial charge is 0.166 e. The highest BCUT2D eigenvalue weighted by atomic mass is 19.1. The van der Waals surface area contributed by atoms with Crippen LogP contribution in [0.5, 0.6) is 11.5 Å². The van der Waals surface area contributed by atoms with E-state index in [1.54, 1.807) is 0 Å². The number of halogens is 1. The van der Waals surface area contributed by atoms with Gasteiger partial charge in [-0.2, -0.15) is 0 Å². The molecule has 0 amide bonds. The van der Waals surface area contributed by atoms with Crippen molar-refractivity contribution in [2.45, 2.75) is 12.5 Å². The summed E-state index contributed by atoms with van der Waals surface area (Å²) in [5, 5.41) is 3.33. The summed E-state index contributed by atoms with van der Waals surface area (Å²) in [6.45, 7) is 4.61. The molecule has 1 fully saturated rings. The zero-order chi connectivity index (χ0) is 13.8. The molecular formula is C15H21FN2O2. The van der Waals surface area contributed by atoms with E-state index in [2.05, 4.69) is 10.2 Å². The standard InChI is InChI=1S/C15H21FN2O2/c16-5-4-13(18-8-6-17-7-9-18)12-2-1-3-14-15(12)20-11-10-19-14/h1-3,13,17H,4-11H2/t13-/m0/s1. The Morgan fingerprint density at radius 3 is 2.80 bits per heavy atom. The quantitative estimate of drug-likeness (QED) is 0.911. The summed E-state index contributed by atoms with van der Waals surface area (Å²) < 4.78 is 24.4. The number of nitrogens with zero attached hydrogens (tertiary/aromatic N) is 1. The monoisotopic (exact) mass is 280 g/mol. The maximum absolute atomic E-state index is 13.0. The molecule has 2 aliphatic heterocycles. The van der Waals surface area contributed by atoms with Crippen LogP contribution in [0.15, 0.2) is 18.2 Å². The van der Waals surface area contributed by atoms with Crippen molar-refractivity contribution in [1.82, 2.24) is 10.2 Å². The summed E-state index contributed by atoms with van der Waals surface area (Å²) in [5.74, 6) is 1.59. The second-order valence-electron chi connectivity index (χ2n) is 5.15. The fraction of sp³-hybridized carbons (Fsp3) is 0.600. The van der Waals surface area contributed by atoms with Gasteiger partial charge in [0.2, 0.25) is 0 Å². The maximum Gasteiger partial charge on any atom is 0.166 e. The number of ether oxygens (including phenoxy) is 2. The first-order chi connectivity index (χ1) is 9.90. The summed E-state index contributed by atoms with van der Waals surface area (Å²) >= 11 is 0. The van der Waals surface area contributed by atoms with Gasteiger partial charge in [0.1, 0.15) is 13.2 Å². The van der Waals surface area contributed by atoms with Gasteiger partial charge in [-0.1, -0.05) is 12.1 Å². The van der Waals surface area contributed by atoms with Crippen molar-refractivity contribution in [1.29, 1.82) is 0 Å². The van der Waals surface area contributed by atoms with Crippen molar-refractivity contribution in [2.24, 2.45) is 0 Å². The van der Waals surface area contributed by atoms with Crippen LogP contribution >= 0.6 is 0 Å². The van der Waals surface area contributed by atoms with Crippen molar-refractivity contribution in [3.8, 4) is 11.5 Å². The third-order valence-electron chi connectivity index (χ3n) is 3.93. The molecule has 3 rings (SSSR count). The van der Waals surface area contributed by atoms with Gasteiger partial charge >= 0.3 is 0 Å². The molecule has 1 aromatic carbocycles. The van der Waals surface area contributed by atoms with Gasteiger partial charge < -0.3 is 14.8 Å². The van der Waals surface area contributed by atoms with Gasteiger partial charge in [0.15, 0.2) is 11.5 Å². The van der Waals surface area contributed by atoms with E-state index in [0.29, 0.717) is 19.6 Å². The molecule has 0 aliphatic carbocycles. The molecule has 2 heterocycles. The van der Waals surface area contributed by atoms with Crippen molar-refractivity contribution in [3.63, 3.8) is 0 Å². The Morgan fingerprint density at radius 1 is 1.20 bits per heavy atom. The lowest BCUT2D eigenvalue weighted by molar-refractivity contribution is 0.140. The molecule has 5 heteroatoms. The zero-order valence-electron chi connectivity index (χ0n) is 11.6. The molecule has 20 heavy (non-hydrogen) atoms. The largest absolute Gasteiger partial charge is 0.486 e. The molecule has 0 bridgehead atoms. The topological polar surface area (TPSA) is 33.7 Å². The van der Waals surface area contributed by atoms with Crippen LogP contribution in [0, 0.1) is 0 Å². The number of hydrogen-bond acceptors (Lipinski definition) is 4. The number of piperazine rings is 1. The molecule has 0 saturated carbocycles. The number of alkyl halides is 1. The normalized spacial score (nSPS) is 20.6. The summed E-state index contributed by atoms with van der Waals surface area (Å²) in [5.41, 5.74) is 1.06. The second-order valence-corrected chi connectivity index (χ2v) is 5.15. The first kappa shape index (κ1) is 13.6. The van der Waals surface area contributed by atoms with Crippen molar-refractivity contribution in [2.75, 3.05) is 46.1 Å². The van der Waals surface area contributed by atoms with E-state index in [-0.39, 0.29) is 12.7 Å². The van der Waals surface area contributed by atoms with Crippen molar-refractivity contribution in [3.05, 3.63) is 23.8 Å². The molecule has 0 aromatic heterocycles. The predicted octanol–water partition coefficient (Wildman–Crippen LogP) is 1.76. The van der Waals surface area contributed by atoms with Gasteiger partial charge in [0.25, 0.3) is 0 Å². The van der Waals surface area contributed by atoms with Gasteiger partial charge in [-0.05, 0) is 12.5 Å². The van der Waals surface area contributed by atoms with Crippen LogP contribution in [-0.2, 0) is 0 Å². The molecule has 1 N–H and O–H groups in total. The number of nitrogens with one attached hydrogen (secondary N) is 1. The van der Waals surface area contributed by atoms with Crippen LogP contribution < -0.4 is 14.8 Å². The van der Waals surface area contributed by atoms with E-state index in [0.717, 1.165) is 43.2 Å². The van der Waals surface area contributed by atoms with Crippen LogP contribution in [0.25, 0.3) is 0 Å². The predicted molar refractivity (Wildman–Crippen MR) is 75.2 cm³/mol. The van der Waals surface area contributed by atoms with Gasteiger partial charge in [0.05, 0.1) is 6.67 Å². The molecule has 110 valence electrons. The van der Waals surface area contributed by atoms with E-state index in [4.69, 9.17) is 9.47 Å². The third-order valence-corrected chi connectivity index (χ3v) is 3.93. The Bertz CT molecular complexity index is 449. The van der Waals surface area contributed by atoms with E-state index in [1.807, 2.05) is 18.2 Å². The van der Waals surface area contributed by atoms with Crippen LogP contribution in [0.3, 0.4) is 0 Å². The molecule has 0 spiro atoms. The average molecular weight is 280 g/mol. The molecule has 4 nitrogen and oxygen atoms in total. The SMILES string of the molecule is FCC[C@@H](c1cccc2c1OCCO2)N1CCNCC1. The third kappa shape index (κ3) is 2.74. The van der Waals surface area contributed by atoms with Crippen molar-refractivity contribution >= 4 is 0 Å². The number of rotatable bonds is 4. The highest BCUT2D eigenvalue weighted by Crippen LogP contribution is 2.40. The number of hydrogen-bond donors (Lipinski definition) is 1. The lowest BCUT2D eigenvalue weighted by Crippen LogP contribution is -2.45. The fourth-order valence-electron chi connectivity index (χ4n) is 2.99. The first-order valence-corrected chi connectivity index (χ1v) is 7.29. The van der Waals surface area contributed by atoms with Crippen LogP contribution in [0.4, 0.5) is 4.39 Å². The van der Waals surface area contributed by atoms with Gasteiger partial charge in [-0.15, -0.1) is 0 Å². The van der Waals surface area contributed by atoms with Crippen LogP contribution in [0.1, 0.15) is 18.0 Å². The van der Waals surface area contributed by atoms with Gasteiger partial charge in [0, 0.05) is 37.8 Å². The zero-order valence-corrected chi connectivity index (χ0v) is 11.6.